The fourth-order valence-corrected chi connectivity index (χ4v) is 4.21. The Labute approximate surface area is 212 Å². The van der Waals surface area contributed by atoms with Crippen molar-refractivity contribution in [1.82, 2.24) is 0 Å². The lowest BCUT2D eigenvalue weighted by Crippen LogP contribution is -2.30. The molecule has 5 rings (SSSR count). The molecule has 1 amide bonds. The number of nitrogens with one attached hydrogen (secondary N) is 1. The molecule has 0 saturated heterocycles. The summed E-state index contributed by atoms with van der Waals surface area (Å²) in [6.07, 6.45) is 2.56. The van der Waals surface area contributed by atoms with Crippen LogP contribution in [0.2, 0.25) is 0 Å². The van der Waals surface area contributed by atoms with E-state index < -0.39 is 18.1 Å². The summed E-state index contributed by atoms with van der Waals surface area (Å²) in [7, 11) is 0. The third-order valence-corrected chi connectivity index (χ3v) is 6.24. The first-order chi connectivity index (χ1) is 18.0. The normalized spacial score (nSPS) is 17.2. The van der Waals surface area contributed by atoms with Crippen molar-refractivity contribution in [1.29, 1.82) is 0 Å². The van der Waals surface area contributed by atoms with E-state index in [0.717, 1.165) is 11.1 Å². The monoisotopic (exact) mass is 498 g/mol. The minimum absolute atomic E-state index is 0.0210. The fourth-order valence-electron chi connectivity index (χ4n) is 4.21. The second-order valence-electron chi connectivity index (χ2n) is 8.76. The van der Waals surface area contributed by atoms with E-state index in [4.69, 9.17) is 19.6 Å². The van der Waals surface area contributed by atoms with Crippen LogP contribution in [0, 0.1) is 0 Å². The van der Waals surface area contributed by atoms with Crippen LogP contribution >= 0.6 is 0 Å². The molecule has 8 heteroatoms. The van der Waals surface area contributed by atoms with Crippen molar-refractivity contribution in [2.24, 2.45) is 0 Å². The molecule has 2 atom stereocenters. The average Bonchev–Trinajstić information content (AvgIpc) is 2.93. The smallest absolute Gasteiger partial charge is 0.290 e. The third kappa shape index (κ3) is 5.40. The molecule has 0 saturated carbocycles. The zero-order valence-electron chi connectivity index (χ0n) is 19.9. The first kappa shape index (κ1) is 24.3. The molecule has 1 aliphatic heterocycles. The molecule has 2 heterocycles. The summed E-state index contributed by atoms with van der Waals surface area (Å²) < 4.78 is 17.7. The number of amides is 1. The van der Waals surface area contributed by atoms with Crippen LogP contribution in [0.25, 0.3) is 11.0 Å². The van der Waals surface area contributed by atoms with Crippen LogP contribution in [0.4, 0.5) is 11.4 Å². The van der Waals surface area contributed by atoms with Gasteiger partial charge in [-0.05, 0) is 41.5 Å². The molecule has 1 aliphatic rings. The highest BCUT2D eigenvalue weighted by molar-refractivity contribution is 6.04. The van der Waals surface area contributed by atoms with Crippen molar-refractivity contribution >= 4 is 28.3 Å². The van der Waals surface area contributed by atoms with Gasteiger partial charge in [-0.15, -0.1) is 0 Å². The standard InChI is InChI=1S/C29H26N2O6/c30-23-6-2-3-7-24(23)31-29(34)26-13-20(22-17-35-25-8-4-1-5-21(25)28(22)33)14-27(37-26)36-16-19-11-9-18(15-32)10-12-19/h1-13,17,20,27,32H,14-16,30H2,(H,31,34). The molecule has 0 bridgehead atoms. The topological polar surface area (TPSA) is 124 Å². The Hall–Kier alpha value is -4.40. The molecule has 0 spiro atoms. The number of aliphatic hydroxyl groups excluding tert-OH is 1. The predicted molar refractivity (Wildman–Crippen MR) is 139 cm³/mol. The molecule has 2 unspecified atom stereocenters. The average molecular weight is 499 g/mol. The van der Waals surface area contributed by atoms with Crippen LogP contribution in [0.1, 0.15) is 29.0 Å². The minimum atomic E-state index is -0.799. The summed E-state index contributed by atoms with van der Waals surface area (Å²) in [5.74, 6) is -0.966. The number of hydrogen-bond acceptors (Lipinski definition) is 7. The van der Waals surface area contributed by atoms with E-state index in [1.807, 2.05) is 24.3 Å². The van der Waals surface area contributed by atoms with Gasteiger partial charge in [-0.2, -0.15) is 0 Å². The summed E-state index contributed by atoms with van der Waals surface area (Å²) >= 11 is 0. The largest absolute Gasteiger partial charge is 0.464 e. The van der Waals surface area contributed by atoms with Gasteiger partial charge in [0.05, 0.1) is 36.2 Å². The minimum Gasteiger partial charge on any atom is -0.464 e. The number of carbonyl (C=O) groups excluding carboxylic acids is 1. The van der Waals surface area contributed by atoms with Gasteiger partial charge in [0.15, 0.2) is 11.2 Å². The number of anilines is 2. The van der Waals surface area contributed by atoms with Crippen LogP contribution in [0.15, 0.2) is 100 Å². The first-order valence-electron chi connectivity index (χ1n) is 11.9. The highest BCUT2D eigenvalue weighted by atomic mass is 16.7. The van der Waals surface area contributed by atoms with Crippen LogP contribution in [0.3, 0.4) is 0 Å². The lowest BCUT2D eigenvalue weighted by Gasteiger charge is -2.29. The van der Waals surface area contributed by atoms with Gasteiger partial charge in [0, 0.05) is 17.9 Å². The SMILES string of the molecule is Nc1ccccc1NC(=O)C1=CC(c2coc3ccccc3c2=O)CC(OCc2ccc(CO)cc2)O1. The molecule has 0 radical (unpaired) electrons. The Morgan fingerprint density at radius 3 is 2.54 bits per heavy atom. The van der Waals surface area contributed by atoms with Gasteiger partial charge in [0.1, 0.15) is 5.58 Å². The van der Waals surface area contributed by atoms with Crippen molar-refractivity contribution in [3.05, 3.63) is 118 Å². The predicted octanol–water partition coefficient (Wildman–Crippen LogP) is 4.44. The molecule has 8 nitrogen and oxygen atoms in total. The van der Waals surface area contributed by atoms with Gasteiger partial charge in [-0.25, -0.2) is 0 Å². The van der Waals surface area contributed by atoms with Crippen molar-refractivity contribution in [3.8, 4) is 0 Å². The summed E-state index contributed by atoms with van der Waals surface area (Å²) in [6.45, 7) is 0.175. The number of fused-ring (bicyclic) bond motifs is 1. The summed E-state index contributed by atoms with van der Waals surface area (Å²) in [5, 5.41) is 12.5. The Morgan fingerprint density at radius 2 is 1.76 bits per heavy atom. The second kappa shape index (κ2) is 10.7. The van der Waals surface area contributed by atoms with Crippen LogP contribution in [-0.4, -0.2) is 17.3 Å². The number of nitrogens with two attached hydrogens (primary N) is 1. The molecular weight excluding hydrogens is 472 g/mol. The molecule has 188 valence electrons. The van der Waals surface area contributed by atoms with E-state index in [9.17, 15) is 14.7 Å². The molecular formula is C29H26N2O6. The number of allylic oxidation sites excluding steroid dienone is 1. The van der Waals surface area contributed by atoms with Crippen molar-refractivity contribution in [2.75, 3.05) is 11.1 Å². The van der Waals surface area contributed by atoms with Crippen molar-refractivity contribution < 1.29 is 23.8 Å². The first-order valence-corrected chi connectivity index (χ1v) is 11.9. The van der Waals surface area contributed by atoms with E-state index >= 15 is 0 Å². The van der Waals surface area contributed by atoms with Gasteiger partial charge >= 0.3 is 0 Å². The van der Waals surface area contributed by atoms with Crippen LogP contribution < -0.4 is 16.5 Å². The zero-order valence-corrected chi connectivity index (χ0v) is 19.9. The maximum atomic E-state index is 13.3. The number of para-hydroxylation sites is 3. The van der Waals surface area contributed by atoms with Gasteiger partial charge in [-0.1, -0.05) is 48.5 Å². The molecule has 0 aliphatic carbocycles. The van der Waals surface area contributed by atoms with Gasteiger partial charge in [0.2, 0.25) is 6.29 Å². The lowest BCUT2D eigenvalue weighted by atomic mass is 9.93. The number of rotatable bonds is 7. The summed E-state index contributed by atoms with van der Waals surface area (Å²) in [6, 6.07) is 21.3. The number of aliphatic hydroxyl groups is 1. The molecule has 1 aromatic heterocycles. The Balaban J connectivity index is 1.43. The number of ether oxygens (including phenoxy) is 2. The number of benzene rings is 3. The van der Waals surface area contributed by atoms with E-state index in [1.165, 1.54) is 6.26 Å². The third-order valence-electron chi connectivity index (χ3n) is 6.24. The Bertz CT molecular complexity index is 1510. The van der Waals surface area contributed by atoms with E-state index in [0.29, 0.717) is 34.3 Å². The molecule has 4 aromatic rings. The van der Waals surface area contributed by atoms with E-state index in [-0.39, 0.29) is 24.4 Å². The lowest BCUT2D eigenvalue weighted by molar-refractivity contribution is -0.147. The molecule has 0 fully saturated rings. The molecule has 3 aromatic carbocycles. The van der Waals surface area contributed by atoms with Gasteiger partial charge in [-0.3, -0.25) is 9.59 Å². The quantitative estimate of drug-likeness (QED) is 0.322. The summed E-state index contributed by atoms with van der Waals surface area (Å²) in [4.78, 5) is 26.4. The zero-order chi connectivity index (χ0) is 25.8. The maximum Gasteiger partial charge on any atom is 0.290 e. The number of nitrogen functional groups attached to an aromatic ring is 1. The van der Waals surface area contributed by atoms with Crippen LogP contribution in [-0.2, 0) is 27.5 Å². The molecule has 37 heavy (non-hydrogen) atoms. The van der Waals surface area contributed by atoms with E-state index in [2.05, 4.69) is 5.32 Å². The Kier molecular flexibility index (Phi) is 7.02. The summed E-state index contributed by atoms with van der Waals surface area (Å²) in [5.41, 5.74) is 9.24. The van der Waals surface area contributed by atoms with Gasteiger partial charge < -0.3 is 30.0 Å². The highest BCUT2D eigenvalue weighted by Crippen LogP contribution is 2.32. The van der Waals surface area contributed by atoms with Crippen LogP contribution in [0.5, 0.6) is 0 Å². The van der Waals surface area contributed by atoms with Gasteiger partial charge in [0.25, 0.3) is 5.91 Å². The van der Waals surface area contributed by atoms with Crippen molar-refractivity contribution in [2.45, 2.75) is 31.8 Å². The number of carbonyl (C=O) groups is 1. The number of hydrogen-bond donors (Lipinski definition) is 3. The van der Waals surface area contributed by atoms with Crippen molar-refractivity contribution in [3.63, 3.8) is 0 Å². The Morgan fingerprint density at radius 1 is 1.03 bits per heavy atom. The fraction of sp³-hybridized carbons (Fsp3) is 0.172. The maximum absolute atomic E-state index is 13.3. The molecule has 4 N–H and O–H groups in total. The highest BCUT2D eigenvalue weighted by Gasteiger charge is 2.31. The second-order valence-corrected chi connectivity index (χ2v) is 8.76. The van der Waals surface area contributed by atoms with E-state index in [1.54, 1.807) is 54.6 Å².